The minimum absolute atomic E-state index is 0.0441. The molecule has 2 aromatic rings. The van der Waals surface area contributed by atoms with E-state index in [9.17, 15) is 4.39 Å². The molecule has 5 heteroatoms. The minimum Gasteiger partial charge on any atom is -0.294 e. The number of rotatable bonds is 2. The molecule has 0 fully saturated rings. The lowest BCUT2D eigenvalue weighted by Crippen LogP contribution is -2.21. The van der Waals surface area contributed by atoms with Crippen LogP contribution in [0.15, 0.2) is 24.3 Å². The smallest absolute Gasteiger partial charge is 0.225 e. The number of halogens is 2. The zero-order valence-electron chi connectivity index (χ0n) is 11.5. The van der Waals surface area contributed by atoms with Crippen molar-refractivity contribution in [2.45, 2.75) is 39.2 Å². The van der Waals surface area contributed by atoms with Gasteiger partial charge in [0.25, 0.3) is 0 Å². The van der Waals surface area contributed by atoms with Crippen LogP contribution >= 0.6 is 11.6 Å². The molecular formula is C14H17ClFN3. The minimum atomic E-state index is -0.248. The molecule has 1 atom stereocenters. The molecule has 1 unspecified atom stereocenters. The molecule has 0 amide bonds. The first-order valence-corrected chi connectivity index (χ1v) is 6.55. The van der Waals surface area contributed by atoms with Crippen LogP contribution in [0.3, 0.4) is 0 Å². The highest BCUT2D eigenvalue weighted by atomic mass is 35.5. The Morgan fingerprint density at radius 1 is 1.16 bits per heavy atom. The quantitative estimate of drug-likeness (QED) is 0.834. The van der Waals surface area contributed by atoms with Crippen molar-refractivity contribution in [3.8, 4) is 0 Å². The van der Waals surface area contributed by atoms with Gasteiger partial charge in [-0.1, -0.05) is 32.9 Å². The third-order valence-electron chi connectivity index (χ3n) is 3.06. The fourth-order valence-electron chi connectivity index (χ4n) is 2.02. The van der Waals surface area contributed by atoms with Crippen LogP contribution in [0.2, 0.25) is 5.28 Å². The number of benzene rings is 1. The maximum atomic E-state index is 13.0. The summed E-state index contributed by atoms with van der Waals surface area (Å²) in [6.07, 6.45) is 0. The van der Waals surface area contributed by atoms with E-state index in [-0.39, 0.29) is 17.3 Å². The second-order valence-corrected chi connectivity index (χ2v) is 5.98. The van der Waals surface area contributed by atoms with E-state index in [1.165, 1.54) is 12.1 Å². The molecule has 0 N–H and O–H groups in total. The van der Waals surface area contributed by atoms with Crippen molar-refractivity contribution in [2.24, 2.45) is 0 Å². The lowest BCUT2D eigenvalue weighted by Gasteiger charge is -2.23. The fraction of sp³-hybridized carbons (Fsp3) is 0.429. The van der Waals surface area contributed by atoms with Crippen LogP contribution in [0.1, 0.15) is 45.1 Å². The summed E-state index contributed by atoms with van der Waals surface area (Å²) in [6.45, 7) is 8.17. The standard InChI is InChI=1S/C14H17ClFN3/c1-9(10-5-7-11(16)8-6-10)19-12(14(2,3)4)17-18-13(19)15/h5-9H,1-4H3. The summed E-state index contributed by atoms with van der Waals surface area (Å²) in [5, 5.41) is 8.46. The lowest BCUT2D eigenvalue weighted by atomic mass is 9.95. The summed E-state index contributed by atoms with van der Waals surface area (Å²) in [7, 11) is 0. The Hall–Kier alpha value is -1.42. The van der Waals surface area contributed by atoms with E-state index in [1.54, 1.807) is 12.1 Å². The summed E-state index contributed by atoms with van der Waals surface area (Å²) in [6, 6.07) is 6.35. The van der Waals surface area contributed by atoms with Gasteiger partial charge in [0.2, 0.25) is 5.28 Å². The molecule has 1 heterocycles. The summed E-state index contributed by atoms with van der Waals surface area (Å²) in [5.74, 6) is 0.566. The molecule has 0 aliphatic rings. The van der Waals surface area contributed by atoms with Crippen LogP contribution in [0.5, 0.6) is 0 Å². The van der Waals surface area contributed by atoms with Crippen molar-refractivity contribution in [3.63, 3.8) is 0 Å². The van der Waals surface area contributed by atoms with E-state index in [1.807, 2.05) is 11.5 Å². The van der Waals surface area contributed by atoms with Gasteiger partial charge >= 0.3 is 0 Å². The van der Waals surface area contributed by atoms with Crippen molar-refractivity contribution < 1.29 is 4.39 Å². The number of hydrogen-bond acceptors (Lipinski definition) is 2. The number of hydrogen-bond donors (Lipinski definition) is 0. The molecule has 0 spiro atoms. The second kappa shape index (κ2) is 4.93. The highest BCUT2D eigenvalue weighted by molar-refractivity contribution is 6.28. The van der Waals surface area contributed by atoms with Gasteiger partial charge < -0.3 is 0 Å². The SMILES string of the molecule is CC(c1ccc(F)cc1)n1c(Cl)nnc1C(C)(C)C. The van der Waals surface area contributed by atoms with Crippen molar-refractivity contribution in [2.75, 3.05) is 0 Å². The largest absolute Gasteiger partial charge is 0.294 e. The van der Waals surface area contributed by atoms with Crippen LogP contribution in [-0.4, -0.2) is 14.8 Å². The Balaban J connectivity index is 2.47. The van der Waals surface area contributed by atoms with E-state index in [0.29, 0.717) is 5.28 Å². The zero-order chi connectivity index (χ0) is 14.2. The summed E-state index contributed by atoms with van der Waals surface area (Å²) < 4.78 is 14.9. The van der Waals surface area contributed by atoms with Gasteiger partial charge in [-0.2, -0.15) is 0 Å². The predicted octanol–water partition coefficient (Wildman–Crippen LogP) is 3.98. The van der Waals surface area contributed by atoms with Crippen LogP contribution in [0, 0.1) is 5.82 Å². The van der Waals surface area contributed by atoms with Crippen LogP contribution in [0.25, 0.3) is 0 Å². The van der Waals surface area contributed by atoms with Crippen molar-refractivity contribution >= 4 is 11.6 Å². The number of nitrogens with zero attached hydrogens (tertiary/aromatic N) is 3. The van der Waals surface area contributed by atoms with Gasteiger partial charge in [-0.3, -0.25) is 4.57 Å². The Bertz CT molecular complexity index is 569. The molecule has 102 valence electrons. The normalized spacial score (nSPS) is 13.6. The lowest BCUT2D eigenvalue weighted by molar-refractivity contribution is 0.481. The molecular weight excluding hydrogens is 265 g/mol. The first-order valence-electron chi connectivity index (χ1n) is 6.17. The Labute approximate surface area is 117 Å². The van der Waals surface area contributed by atoms with Gasteiger partial charge in [0.15, 0.2) is 0 Å². The Morgan fingerprint density at radius 2 is 1.74 bits per heavy atom. The summed E-state index contributed by atoms with van der Waals surface area (Å²) in [4.78, 5) is 0. The summed E-state index contributed by atoms with van der Waals surface area (Å²) in [5.41, 5.74) is 0.808. The van der Waals surface area contributed by atoms with Crippen molar-refractivity contribution in [1.82, 2.24) is 14.8 Å². The van der Waals surface area contributed by atoms with Gasteiger partial charge in [0.05, 0.1) is 6.04 Å². The average Bonchev–Trinajstić information content (AvgIpc) is 2.71. The average molecular weight is 282 g/mol. The Morgan fingerprint density at radius 3 is 2.26 bits per heavy atom. The second-order valence-electron chi connectivity index (χ2n) is 5.64. The van der Waals surface area contributed by atoms with Crippen LogP contribution < -0.4 is 0 Å². The predicted molar refractivity (Wildman–Crippen MR) is 73.9 cm³/mol. The van der Waals surface area contributed by atoms with E-state index < -0.39 is 0 Å². The van der Waals surface area contributed by atoms with Crippen molar-refractivity contribution in [3.05, 3.63) is 46.8 Å². The van der Waals surface area contributed by atoms with Gasteiger partial charge in [0.1, 0.15) is 11.6 Å². The maximum absolute atomic E-state index is 13.0. The molecule has 0 aliphatic carbocycles. The molecule has 2 rings (SSSR count). The molecule has 3 nitrogen and oxygen atoms in total. The molecule has 19 heavy (non-hydrogen) atoms. The van der Waals surface area contributed by atoms with Gasteiger partial charge in [-0.15, -0.1) is 10.2 Å². The monoisotopic (exact) mass is 281 g/mol. The first kappa shape index (κ1) is 14.0. The first-order chi connectivity index (χ1) is 8.80. The van der Waals surface area contributed by atoms with Crippen LogP contribution in [0.4, 0.5) is 4.39 Å². The highest BCUT2D eigenvalue weighted by Gasteiger charge is 2.26. The van der Waals surface area contributed by atoms with Gasteiger partial charge in [-0.05, 0) is 36.2 Å². The highest BCUT2D eigenvalue weighted by Crippen LogP contribution is 2.29. The Kier molecular flexibility index (Phi) is 3.63. The fourth-order valence-corrected chi connectivity index (χ4v) is 2.28. The maximum Gasteiger partial charge on any atom is 0.225 e. The molecule has 0 aliphatic heterocycles. The topological polar surface area (TPSA) is 30.7 Å². The van der Waals surface area contributed by atoms with E-state index in [4.69, 9.17) is 11.6 Å². The van der Waals surface area contributed by atoms with Crippen molar-refractivity contribution in [1.29, 1.82) is 0 Å². The molecule has 0 saturated carbocycles. The van der Waals surface area contributed by atoms with E-state index >= 15 is 0 Å². The van der Waals surface area contributed by atoms with Gasteiger partial charge in [-0.25, -0.2) is 4.39 Å². The van der Waals surface area contributed by atoms with Gasteiger partial charge in [0, 0.05) is 5.41 Å². The third kappa shape index (κ3) is 2.78. The third-order valence-corrected chi connectivity index (χ3v) is 3.32. The van der Waals surface area contributed by atoms with Crippen LogP contribution in [-0.2, 0) is 5.41 Å². The molecule has 0 bridgehead atoms. The zero-order valence-corrected chi connectivity index (χ0v) is 12.2. The number of aromatic nitrogens is 3. The molecule has 0 radical (unpaired) electrons. The molecule has 0 saturated heterocycles. The van der Waals surface area contributed by atoms with E-state index in [0.717, 1.165) is 11.4 Å². The summed E-state index contributed by atoms with van der Waals surface area (Å²) >= 11 is 6.14. The van der Waals surface area contributed by atoms with E-state index in [2.05, 4.69) is 31.0 Å². The molecule has 1 aromatic heterocycles. The molecule has 1 aromatic carbocycles.